The Morgan fingerprint density at radius 3 is 2.29 bits per heavy atom. The van der Waals surface area contributed by atoms with Crippen molar-refractivity contribution in [1.29, 1.82) is 0 Å². The van der Waals surface area contributed by atoms with E-state index in [1.807, 2.05) is 60.5 Å². The van der Waals surface area contributed by atoms with Crippen molar-refractivity contribution in [1.82, 2.24) is 19.6 Å². The number of benzene rings is 3. The number of rotatable bonds is 4. The molecule has 0 N–H and O–H groups in total. The topological polar surface area (TPSA) is 46.3 Å². The van der Waals surface area contributed by atoms with Crippen molar-refractivity contribution in [2.24, 2.45) is 0 Å². The van der Waals surface area contributed by atoms with E-state index < -0.39 is 11.6 Å². The summed E-state index contributed by atoms with van der Waals surface area (Å²) < 4.78 is 42.0. The molecule has 2 heterocycles. The Balaban J connectivity index is 1.54. The molecule has 0 spiro atoms. The van der Waals surface area contributed by atoms with Gasteiger partial charge in [0.1, 0.15) is 5.82 Å². The number of halogens is 4. The number of anilines is 2. The second kappa shape index (κ2) is 8.23. The number of alkyl halides is 3. The first-order valence-electron chi connectivity index (χ1n) is 10.9. The molecule has 2 aromatic heterocycles. The zero-order valence-electron chi connectivity index (χ0n) is 19.2. The molecule has 9 heteroatoms. The summed E-state index contributed by atoms with van der Waals surface area (Å²) in [6.07, 6.45) is -4.33. The molecule has 0 aliphatic carbocycles. The molecule has 5 nitrogen and oxygen atoms in total. The predicted molar refractivity (Wildman–Crippen MR) is 132 cm³/mol. The van der Waals surface area contributed by atoms with Gasteiger partial charge in [-0.2, -0.15) is 18.2 Å². The maximum Gasteiger partial charge on any atom is 0.397 e. The number of fused-ring (bicyclic) bond motifs is 3. The minimum Gasteiger partial charge on any atom is -0.329 e. The van der Waals surface area contributed by atoms with Gasteiger partial charge in [-0.25, -0.2) is 4.40 Å². The second-order valence-corrected chi connectivity index (χ2v) is 9.20. The van der Waals surface area contributed by atoms with E-state index in [0.29, 0.717) is 11.6 Å². The Kier molecular flexibility index (Phi) is 5.44. The van der Waals surface area contributed by atoms with Crippen molar-refractivity contribution in [2.75, 3.05) is 11.9 Å². The van der Waals surface area contributed by atoms with Crippen molar-refractivity contribution < 1.29 is 13.2 Å². The molecule has 3 aromatic carbocycles. The molecule has 0 unspecified atom stereocenters. The largest absolute Gasteiger partial charge is 0.397 e. The first kappa shape index (κ1) is 23.1. The van der Waals surface area contributed by atoms with Gasteiger partial charge in [0.15, 0.2) is 0 Å². The smallest absolute Gasteiger partial charge is 0.329 e. The van der Waals surface area contributed by atoms with Crippen LogP contribution >= 0.6 is 11.6 Å². The third-order valence-corrected chi connectivity index (χ3v) is 6.64. The lowest BCUT2D eigenvalue weighted by Gasteiger charge is -2.28. The fourth-order valence-corrected chi connectivity index (χ4v) is 4.27. The van der Waals surface area contributed by atoms with Crippen LogP contribution in [0.25, 0.3) is 27.8 Å². The van der Waals surface area contributed by atoms with Gasteiger partial charge in [-0.3, -0.25) is 0 Å². The van der Waals surface area contributed by atoms with Crippen LogP contribution in [0.1, 0.15) is 19.4 Å². The number of aromatic nitrogens is 4. The van der Waals surface area contributed by atoms with Crippen LogP contribution in [0.5, 0.6) is 0 Å². The Hall–Kier alpha value is -3.65. The molecule has 5 aromatic rings. The van der Waals surface area contributed by atoms with Crippen molar-refractivity contribution >= 4 is 39.8 Å². The van der Waals surface area contributed by atoms with Crippen LogP contribution in [-0.4, -0.2) is 32.8 Å². The number of hydrogen-bond acceptors (Lipinski definition) is 4. The lowest BCUT2D eigenvalue weighted by atomic mass is 9.83. The highest BCUT2D eigenvalue weighted by Crippen LogP contribution is 2.41. The fraction of sp³-hybridized carbons (Fsp3) is 0.192. The molecule has 5 rings (SSSR count). The van der Waals surface area contributed by atoms with Crippen LogP contribution in [0.2, 0.25) is 5.28 Å². The molecule has 0 saturated heterocycles. The standard InChI is InChI=1S/C26H21ClF3N5/c1-25(2,26(28,29)30)18-13-11-16(12-14-18)17-7-6-8-19(15-17)34(3)22-20-9-4-5-10-21(20)35-23(27)32-33-24(35)31-22/h4-15H,1-3H3. The molecule has 0 saturated carbocycles. The summed E-state index contributed by atoms with van der Waals surface area (Å²) in [5.74, 6) is 1.06. The summed E-state index contributed by atoms with van der Waals surface area (Å²) in [6.45, 7) is 2.38. The van der Waals surface area contributed by atoms with Gasteiger partial charge in [-0.05, 0) is 66.4 Å². The molecule has 0 aliphatic rings. The highest BCUT2D eigenvalue weighted by atomic mass is 35.5. The molecular weight excluding hydrogens is 475 g/mol. The average molecular weight is 496 g/mol. The van der Waals surface area contributed by atoms with Gasteiger partial charge in [-0.15, -0.1) is 10.2 Å². The summed E-state index contributed by atoms with van der Waals surface area (Å²) in [6, 6.07) is 22.0. The lowest BCUT2D eigenvalue weighted by molar-refractivity contribution is -0.180. The quantitative estimate of drug-likeness (QED) is 0.264. The number of nitrogens with zero attached hydrogens (tertiary/aromatic N) is 5. The SMILES string of the molecule is CN(c1cccc(-c2ccc(C(C)(C)C(F)(F)F)cc2)c1)c1nc2nnc(Cl)n2c2ccccc12. The van der Waals surface area contributed by atoms with Crippen LogP contribution < -0.4 is 4.90 Å². The van der Waals surface area contributed by atoms with Crippen LogP contribution in [0.15, 0.2) is 72.8 Å². The second-order valence-electron chi connectivity index (χ2n) is 8.87. The van der Waals surface area contributed by atoms with E-state index in [9.17, 15) is 13.2 Å². The summed E-state index contributed by atoms with van der Waals surface area (Å²) in [7, 11) is 1.90. The molecule has 0 aliphatic heterocycles. The van der Waals surface area contributed by atoms with Gasteiger partial charge in [0.25, 0.3) is 5.78 Å². The van der Waals surface area contributed by atoms with Gasteiger partial charge < -0.3 is 4.90 Å². The molecule has 0 fully saturated rings. The van der Waals surface area contributed by atoms with Crippen LogP contribution in [-0.2, 0) is 5.41 Å². The molecule has 0 bridgehead atoms. The summed E-state index contributed by atoms with van der Waals surface area (Å²) in [5, 5.41) is 9.12. The summed E-state index contributed by atoms with van der Waals surface area (Å²) >= 11 is 6.23. The molecule has 178 valence electrons. The Labute approximate surface area is 204 Å². The Morgan fingerprint density at radius 1 is 0.857 bits per heavy atom. The number of para-hydroxylation sites is 1. The zero-order chi connectivity index (χ0) is 25.0. The van der Waals surface area contributed by atoms with Crippen molar-refractivity contribution in [2.45, 2.75) is 25.4 Å². The monoisotopic (exact) mass is 495 g/mol. The third-order valence-electron chi connectivity index (χ3n) is 6.40. The first-order valence-corrected chi connectivity index (χ1v) is 11.3. The van der Waals surface area contributed by atoms with E-state index in [-0.39, 0.29) is 10.8 Å². The lowest BCUT2D eigenvalue weighted by Crippen LogP contribution is -2.36. The van der Waals surface area contributed by atoms with E-state index in [4.69, 9.17) is 11.6 Å². The van der Waals surface area contributed by atoms with E-state index in [2.05, 4.69) is 15.2 Å². The van der Waals surface area contributed by atoms with Crippen LogP contribution in [0, 0.1) is 0 Å². The highest BCUT2D eigenvalue weighted by Gasteiger charge is 2.48. The van der Waals surface area contributed by atoms with Crippen LogP contribution in [0.4, 0.5) is 24.7 Å². The van der Waals surface area contributed by atoms with E-state index in [1.54, 1.807) is 16.5 Å². The maximum absolute atomic E-state index is 13.4. The molecular formula is C26H21ClF3N5. The van der Waals surface area contributed by atoms with Gasteiger partial charge in [0.2, 0.25) is 5.28 Å². The molecule has 0 radical (unpaired) electrons. The average Bonchev–Trinajstić information content (AvgIpc) is 3.23. The Bertz CT molecular complexity index is 1540. The maximum atomic E-state index is 13.4. The Morgan fingerprint density at radius 2 is 1.57 bits per heavy atom. The van der Waals surface area contributed by atoms with Crippen molar-refractivity contribution in [3.8, 4) is 11.1 Å². The van der Waals surface area contributed by atoms with Gasteiger partial charge in [0, 0.05) is 18.1 Å². The molecule has 0 atom stereocenters. The molecule has 0 amide bonds. The van der Waals surface area contributed by atoms with Gasteiger partial charge in [-0.1, -0.05) is 48.5 Å². The van der Waals surface area contributed by atoms with E-state index >= 15 is 0 Å². The first-order chi connectivity index (χ1) is 16.6. The minimum atomic E-state index is -4.33. The van der Waals surface area contributed by atoms with E-state index in [1.165, 1.54) is 26.0 Å². The summed E-state index contributed by atoms with van der Waals surface area (Å²) in [5.41, 5.74) is 1.67. The normalized spacial score (nSPS) is 12.4. The fourth-order valence-electron chi connectivity index (χ4n) is 4.07. The van der Waals surface area contributed by atoms with Crippen molar-refractivity contribution in [3.05, 3.63) is 83.6 Å². The third kappa shape index (κ3) is 3.87. The van der Waals surface area contributed by atoms with Crippen molar-refractivity contribution in [3.63, 3.8) is 0 Å². The predicted octanol–water partition coefficient (Wildman–Crippen LogP) is 7.21. The minimum absolute atomic E-state index is 0.220. The number of hydrogen-bond donors (Lipinski definition) is 0. The van der Waals surface area contributed by atoms with E-state index in [0.717, 1.165) is 27.7 Å². The summed E-state index contributed by atoms with van der Waals surface area (Å²) in [4.78, 5) is 6.63. The zero-order valence-corrected chi connectivity index (χ0v) is 19.9. The van der Waals surface area contributed by atoms with Gasteiger partial charge >= 0.3 is 6.18 Å². The highest BCUT2D eigenvalue weighted by molar-refractivity contribution is 6.29. The van der Waals surface area contributed by atoms with Gasteiger partial charge in [0.05, 0.1) is 10.9 Å². The molecule has 35 heavy (non-hydrogen) atoms. The van der Waals surface area contributed by atoms with Crippen LogP contribution in [0.3, 0.4) is 0 Å².